The molecule has 1 unspecified atom stereocenters. The van der Waals surface area contributed by atoms with Crippen molar-refractivity contribution in [2.75, 3.05) is 17.7 Å². The molecule has 0 fully saturated rings. The molecule has 0 saturated heterocycles. The molecule has 0 saturated carbocycles. The molecule has 33 heavy (non-hydrogen) atoms. The summed E-state index contributed by atoms with van der Waals surface area (Å²) in [5.74, 6) is 1.74. The summed E-state index contributed by atoms with van der Waals surface area (Å²) in [4.78, 5) is 11.6. The number of hydrogen-bond donors (Lipinski definition) is 2. The van der Waals surface area contributed by atoms with Gasteiger partial charge < -0.3 is 15.4 Å². The van der Waals surface area contributed by atoms with Crippen LogP contribution in [0.2, 0.25) is 0 Å². The summed E-state index contributed by atoms with van der Waals surface area (Å²) in [6, 6.07) is 14.6. The van der Waals surface area contributed by atoms with Gasteiger partial charge in [-0.05, 0) is 64.9 Å². The number of anilines is 2. The Morgan fingerprint density at radius 3 is 2.61 bits per heavy atom. The molecule has 0 aliphatic rings. The van der Waals surface area contributed by atoms with Crippen LogP contribution in [-0.2, 0) is 11.8 Å². The first-order valence-electron chi connectivity index (χ1n) is 10.2. The van der Waals surface area contributed by atoms with Gasteiger partial charge in [0.2, 0.25) is 5.91 Å². The van der Waals surface area contributed by atoms with E-state index in [1.807, 2.05) is 68.7 Å². The minimum Gasteiger partial charge on any atom is -0.497 e. The topological polar surface area (TPSA) is 112 Å². The number of nitrogens with one attached hydrogen (secondary N) is 2. The maximum absolute atomic E-state index is 11.6. The van der Waals surface area contributed by atoms with Crippen LogP contribution in [0.4, 0.5) is 11.5 Å². The Bertz CT molecular complexity index is 1280. The lowest BCUT2D eigenvalue weighted by Gasteiger charge is -2.19. The zero-order valence-corrected chi connectivity index (χ0v) is 18.6. The second kappa shape index (κ2) is 9.35. The molecular formula is C23H24N8O2. The Morgan fingerprint density at radius 1 is 1.18 bits per heavy atom. The van der Waals surface area contributed by atoms with Gasteiger partial charge >= 0.3 is 0 Å². The van der Waals surface area contributed by atoms with Crippen molar-refractivity contribution in [3.63, 3.8) is 0 Å². The molecule has 1 atom stereocenters. The number of hydrogen-bond acceptors (Lipinski definition) is 7. The Morgan fingerprint density at radius 2 is 1.97 bits per heavy atom. The molecule has 2 aromatic carbocycles. The number of amides is 1. The Labute approximate surface area is 190 Å². The highest BCUT2D eigenvalue weighted by Gasteiger charge is 2.24. The normalized spacial score (nSPS) is 11.6. The number of carbonyl (C=O) groups excluding carboxylic acids is 1. The molecule has 4 aromatic rings. The van der Waals surface area contributed by atoms with E-state index in [4.69, 9.17) is 4.74 Å². The van der Waals surface area contributed by atoms with Crippen LogP contribution >= 0.6 is 0 Å². The largest absolute Gasteiger partial charge is 0.497 e. The summed E-state index contributed by atoms with van der Waals surface area (Å²) in [6.45, 7) is 5.45. The fourth-order valence-electron chi connectivity index (χ4n) is 3.43. The van der Waals surface area contributed by atoms with Gasteiger partial charge in [-0.25, -0.2) is 0 Å². The van der Waals surface area contributed by atoms with Crippen LogP contribution < -0.4 is 15.4 Å². The molecular weight excluding hydrogens is 420 g/mol. The van der Waals surface area contributed by atoms with E-state index in [2.05, 4.69) is 37.8 Å². The number of tetrazole rings is 1. The SMILES string of the molecule is C=CC(=O)Nc1ccc(C(Nc2ccn(C)n2)c2nnnn2-c2ccc(OC)cc2C)cc1. The highest BCUT2D eigenvalue weighted by molar-refractivity contribution is 5.98. The summed E-state index contributed by atoms with van der Waals surface area (Å²) in [5, 5.41) is 23.1. The van der Waals surface area contributed by atoms with Gasteiger partial charge in [-0.15, -0.1) is 5.10 Å². The molecule has 2 N–H and O–H groups in total. The molecule has 0 aliphatic heterocycles. The van der Waals surface area contributed by atoms with Crippen molar-refractivity contribution in [2.24, 2.45) is 7.05 Å². The van der Waals surface area contributed by atoms with Crippen molar-refractivity contribution in [1.82, 2.24) is 30.0 Å². The first kappa shape index (κ1) is 21.8. The molecule has 1 amide bonds. The lowest BCUT2D eigenvalue weighted by Crippen LogP contribution is -2.19. The summed E-state index contributed by atoms with van der Waals surface area (Å²) < 4.78 is 8.73. The lowest BCUT2D eigenvalue weighted by atomic mass is 10.0. The molecule has 0 spiro atoms. The molecule has 168 valence electrons. The van der Waals surface area contributed by atoms with E-state index < -0.39 is 6.04 Å². The van der Waals surface area contributed by atoms with Crippen molar-refractivity contribution in [1.29, 1.82) is 0 Å². The average molecular weight is 444 g/mol. The van der Waals surface area contributed by atoms with Gasteiger partial charge in [-0.3, -0.25) is 9.48 Å². The van der Waals surface area contributed by atoms with Crippen LogP contribution in [0.15, 0.2) is 67.4 Å². The minimum absolute atomic E-state index is 0.273. The lowest BCUT2D eigenvalue weighted by molar-refractivity contribution is -0.111. The highest BCUT2D eigenvalue weighted by Crippen LogP contribution is 2.28. The molecule has 4 rings (SSSR count). The van der Waals surface area contributed by atoms with Gasteiger partial charge in [0.05, 0.1) is 12.8 Å². The molecule has 2 heterocycles. The van der Waals surface area contributed by atoms with Crippen molar-refractivity contribution >= 4 is 17.4 Å². The fourth-order valence-corrected chi connectivity index (χ4v) is 3.43. The smallest absolute Gasteiger partial charge is 0.247 e. The van der Waals surface area contributed by atoms with E-state index >= 15 is 0 Å². The maximum Gasteiger partial charge on any atom is 0.247 e. The molecule has 0 radical (unpaired) electrons. The van der Waals surface area contributed by atoms with Crippen LogP contribution in [0.5, 0.6) is 5.75 Å². The maximum atomic E-state index is 11.6. The van der Waals surface area contributed by atoms with Crippen LogP contribution in [0.25, 0.3) is 5.69 Å². The van der Waals surface area contributed by atoms with Crippen LogP contribution in [0.3, 0.4) is 0 Å². The summed E-state index contributed by atoms with van der Waals surface area (Å²) in [5.41, 5.74) is 3.34. The van der Waals surface area contributed by atoms with Gasteiger partial charge in [-0.1, -0.05) is 18.7 Å². The van der Waals surface area contributed by atoms with Crippen molar-refractivity contribution in [3.05, 3.63) is 84.3 Å². The van der Waals surface area contributed by atoms with E-state index in [0.29, 0.717) is 17.3 Å². The Hall–Kier alpha value is -4.47. The van der Waals surface area contributed by atoms with Gasteiger partial charge in [0, 0.05) is 25.0 Å². The number of nitrogens with zero attached hydrogens (tertiary/aromatic N) is 6. The number of aromatic nitrogens is 6. The van der Waals surface area contributed by atoms with E-state index in [1.54, 1.807) is 16.5 Å². The standard InChI is InChI=1S/C23H24N8O2/c1-5-21(32)24-17-8-6-16(7-9-17)22(25-20-12-13-30(3)27-20)23-26-28-29-31(23)19-11-10-18(33-4)14-15(19)2/h5-14,22H,1H2,2-4H3,(H,24,32)(H,25,27). The molecule has 10 heteroatoms. The summed E-state index contributed by atoms with van der Waals surface area (Å²) in [6.07, 6.45) is 3.08. The first-order valence-corrected chi connectivity index (χ1v) is 10.2. The third-order valence-corrected chi connectivity index (χ3v) is 5.09. The molecule has 0 bridgehead atoms. The Kier molecular flexibility index (Phi) is 6.16. The van der Waals surface area contributed by atoms with Gasteiger partial charge in [0.1, 0.15) is 17.6 Å². The number of aryl methyl sites for hydroxylation is 2. The summed E-state index contributed by atoms with van der Waals surface area (Å²) >= 11 is 0. The number of rotatable bonds is 8. The Balaban J connectivity index is 1.74. The molecule has 10 nitrogen and oxygen atoms in total. The minimum atomic E-state index is -0.416. The van der Waals surface area contributed by atoms with Crippen molar-refractivity contribution in [2.45, 2.75) is 13.0 Å². The first-order chi connectivity index (χ1) is 16.0. The van der Waals surface area contributed by atoms with E-state index in [1.165, 1.54) is 6.08 Å². The van der Waals surface area contributed by atoms with E-state index in [-0.39, 0.29) is 5.91 Å². The van der Waals surface area contributed by atoms with Crippen LogP contribution in [-0.4, -0.2) is 43.0 Å². The second-order valence-electron chi connectivity index (χ2n) is 7.37. The van der Waals surface area contributed by atoms with Crippen molar-refractivity contribution in [3.8, 4) is 11.4 Å². The third-order valence-electron chi connectivity index (χ3n) is 5.09. The second-order valence-corrected chi connectivity index (χ2v) is 7.37. The predicted octanol–water partition coefficient (Wildman–Crippen LogP) is 3.04. The zero-order chi connectivity index (χ0) is 23.4. The van der Waals surface area contributed by atoms with E-state index in [9.17, 15) is 4.79 Å². The van der Waals surface area contributed by atoms with Crippen molar-refractivity contribution < 1.29 is 9.53 Å². The number of ether oxygens (including phenoxy) is 1. The number of benzene rings is 2. The zero-order valence-electron chi connectivity index (χ0n) is 18.6. The predicted molar refractivity (Wildman–Crippen MR) is 124 cm³/mol. The molecule has 2 aromatic heterocycles. The monoisotopic (exact) mass is 444 g/mol. The van der Waals surface area contributed by atoms with Crippen LogP contribution in [0.1, 0.15) is 23.0 Å². The third kappa shape index (κ3) is 4.74. The quantitative estimate of drug-likeness (QED) is 0.402. The number of methoxy groups -OCH3 is 1. The van der Waals surface area contributed by atoms with Crippen LogP contribution in [0, 0.1) is 6.92 Å². The van der Waals surface area contributed by atoms with E-state index in [0.717, 1.165) is 22.6 Å². The summed E-state index contributed by atoms with van der Waals surface area (Å²) in [7, 11) is 3.48. The van der Waals surface area contributed by atoms with Gasteiger partial charge in [-0.2, -0.15) is 9.78 Å². The van der Waals surface area contributed by atoms with Gasteiger partial charge in [0.15, 0.2) is 5.82 Å². The van der Waals surface area contributed by atoms with Gasteiger partial charge in [0.25, 0.3) is 0 Å². The number of carbonyl (C=O) groups is 1. The average Bonchev–Trinajstić information content (AvgIpc) is 3.46. The molecule has 0 aliphatic carbocycles. The highest BCUT2D eigenvalue weighted by atomic mass is 16.5. The fraction of sp³-hybridized carbons (Fsp3) is 0.174.